The zero-order valence-corrected chi connectivity index (χ0v) is 11.9. The summed E-state index contributed by atoms with van der Waals surface area (Å²) in [6.07, 6.45) is 0.901. The molecule has 1 unspecified atom stereocenters. The number of nitrogens with two attached hydrogens (primary N) is 1. The lowest BCUT2D eigenvalue weighted by Crippen LogP contribution is -2.32. The molecule has 0 aromatic carbocycles. The van der Waals surface area contributed by atoms with Gasteiger partial charge >= 0.3 is 0 Å². The molecule has 1 heterocycles. The third kappa shape index (κ3) is 3.72. The zero-order valence-electron chi connectivity index (χ0n) is 11.9. The number of nitrogens with one attached hydrogen (secondary N) is 1. The van der Waals surface area contributed by atoms with E-state index in [0.29, 0.717) is 11.4 Å². The molecule has 18 heavy (non-hydrogen) atoms. The Balaban J connectivity index is 3.03. The monoisotopic (exact) mass is 249 g/mol. The van der Waals surface area contributed by atoms with E-state index in [1.807, 2.05) is 40.7 Å². The van der Waals surface area contributed by atoms with Gasteiger partial charge in [0.25, 0.3) is 5.91 Å². The molecule has 0 fully saturated rings. The molecule has 0 aliphatic heterocycles. The third-order valence-electron chi connectivity index (χ3n) is 2.87. The summed E-state index contributed by atoms with van der Waals surface area (Å²) in [5.74, 6) is 0.292. The Labute approximate surface area is 109 Å². The summed E-state index contributed by atoms with van der Waals surface area (Å²) in [5.41, 5.74) is 7.05. The number of pyridine rings is 1. The second kappa shape index (κ2) is 5.38. The lowest BCUT2D eigenvalue weighted by molar-refractivity contribution is 0.0939. The van der Waals surface area contributed by atoms with Gasteiger partial charge in [0.05, 0.1) is 0 Å². The molecule has 0 bridgehead atoms. The molecule has 0 saturated carbocycles. The van der Waals surface area contributed by atoms with Crippen LogP contribution in [-0.2, 0) is 5.41 Å². The lowest BCUT2D eigenvalue weighted by atomic mass is 9.90. The van der Waals surface area contributed by atoms with Crippen molar-refractivity contribution in [2.75, 3.05) is 5.73 Å². The van der Waals surface area contributed by atoms with Gasteiger partial charge in [-0.05, 0) is 25.5 Å². The van der Waals surface area contributed by atoms with Crippen LogP contribution in [0.1, 0.15) is 57.1 Å². The molecule has 1 rings (SSSR count). The highest BCUT2D eigenvalue weighted by Gasteiger charge is 2.19. The van der Waals surface area contributed by atoms with Crippen LogP contribution >= 0.6 is 0 Å². The Kier molecular flexibility index (Phi) is 4.33. The molecule has 1 aromatic heterocycles. The van der Waals surface area contributed by atoms with Gasteiger partial charge in [0.15, 0.2) is 0 Å². The minimum absolute atomic E-state index is 0.0936. The van der Waals surface area contributed by atoms with Crippen LogP contribution in [0.2, 0.25) is 0 Å². The van der Waals surface area contributed by atoms with Crippen LogP contribution in [0.4, 0.5) is 5.82 Å². The molecule has 1 aromatic rings. The maximum absolute atomic E-state index is 12.1. The summed E-state index contributed by atoms with van der Waals surface area (Å²) < 4.78 is 0. The Hall–Kier alpha value is -1.58. The normalized spacial score (nSPS) is 13.2. The van der Waals surface area contributed by atoms with Crippen LogP contribution < -0.4 is 11.1 Å². The molecular formula is C14H23N3O. The topological polar surface area (TPSA) is 68.0 Å². The van der Waals surface area contributed by atoms with E-state index in [0.717, 1.165) is 12.1 Å². The Morgan fingerprint density at radius 2 is 2.06 bits per heavy atom. The van der Waals surface area contributed by atoms with Crippen molar-refractivity contribution in [3.8, 4) is 0 Å². The number of aromatic nitrogens is 1. The van der Waals surface area contributed by atoms with E-state index < -0.39 is 0 Å². The first-order valence-electron chi connectivity index (χ1n) is 6.33. The fourth-order valence-electron chi connectivity index (χ4n) is 1.48. The minimum Gasteiger partial charge on any atom is -0.384 e. The quantitative estimate of drug-likeness (QED) is 0.864. The van der Waals surface area contributed by atoms with Crippen molar-refractivity contribution in [1.29, 1.82) is 0 Å². The zero-order chi connectivity index (χ0) is 13.9. The van der Waals surface area contributed by atoms with Crippen LogP contribution in [-0.4, -0.2) is 16.9 Å². The molecule has 4 heteroatoms. The fraction of sp³-hybridized carbons (Fsp3) is 0.571. The number of rotatable bonds is 3. The number of nitrogen functional groups attached to an aromatic ring is 1. The summed E-state index contributed by atoms with van der Waals surface area (Å²) in [6, 6.07) is 3.59. The number of anilines is 1. The van der Waals surface area contributed by atoms with Gasteiger partial charge in [0, 0.05) is 22.7 Å². The van der Waals surface area contributed by atoms with Crippen LogP contribution in [0.5, 0.6) is 0 Å². The maximum Gasteiger partial charge on any atom is 0.251 e. The van der Waals surface area contributed by atoms with Crippen LogP contribution in [0, 0.1) is 0 Å². The van der Waals surface area contributed by atoms with Gasteiger partial charge in [-0.3, -0.25) is 4.79 Å². The average molecular weight is 249 g/mol. The number of nitrogens with zero attached hydrogens (tertiary/aromatic N) is 1. The first-order chi connectivity index (χ1) is 8.24. The minimum atomic E-state index is -0.124. The molecule has 1 amide bonds. The number of hydrogen-bond acceptors (Lipinski definition) is 3. The average Bonchev–Trinajstić information content (AvgIpc) is 2.26. The first-order valence-corrected chi connectivity index (χ1v) is 6.33. The molecule has 0 spiro atoms. The molecule has 0 aliphatic carbocycles. The van der Waals surface area contributed by atoms with Crippen LogP contribution in [0.3, 0.4) is 0 Å². The van der Waals surface area contributed by atoms with Crippen molar-refractivity contribution in [3.05, 3.63) is 23.4 Å². The van der Waals surface area contributed by atoms with Gasteiger partial charge in [-0.1, -0.05) is 27.7 Å². The van der Waals surface area contributed by atoms with Gasteiger partial charge in [-0.2, -0.15) is 0 Å². The predicted octanol–water partition coefficient (Wildman–Crippen LogP) is 2.49. The van der Waals surface area contributed by atoms with E-state index in [1.54, 1.807) is 6.07 Å². The molecule has 1 atom stereocenters. The van der Waals surface area contributed by atoms with Crippen LogP contribution in [0.15, 0.2) is 12.1 Å². The van der Waals surface area contributed by atoms with Crippen LogP contribution in [0.25, 0.3) is 0 Å². The Bertz CT molecular complexity index is 435. The van der Waals surface area contributed by atoms with E-state index in [2.05, 4.69) is 10.3 Å². The molecule has 0 saturated heterocycles. The molecule has 0 radical (unpaired) electrons. The van der Waals surface area contributed by atoms with Crippen molar-refractivity contribution in [3.63, 3.8) is 0 Å². The van der Waals surface area contributed by atoms with Crippen molar-refractivity contribution in [2.24, 2.45) is 0 Å². The van der Waals surface area contributed by atoms with E-state index in [-0.39, 0.29) is 17.4 Å². The summed E-state index contributed by atoms with van der Waals surface area (Å²) in [7, 11) is 0. The van der Waals surface area contributed by atoms with Crippen molar-refractivity contribution < 1.29 is 4.79 Å². The largest absolute Gasteiger partial charge is 0.384 e. The molecule has 3 N–H and O–H groups in total. The molecule has 4 nitrogen and oxygen atoms in total. The van der Waals surface area contributed by atoms with Gasteiger partial charge < -0.3 is 11.1 Å². The number of carbonyl (C=O) groups is 1. The van der Waals surface area contributed by atoms with Gasteiger partial charge in [-0.25, -0.2) is 4.98 Å². The predicted molar refractivity (Wildman–Crippen MR) is 74.6 cm³/mol. The third-order valence-corrected chi connectivity index (χ3v) is 2.87. The summed E-state index contributed by atoms with van der Waals surface area (Å²) in [5, 5.41) is 2.93. The number of hydrogen-bond donors (Lipinski definition) is 2. The first kappa shape index (κ1) is 14.5. The van der Waals surface area contributed by atoms with E-state index in [1.165, 1.54) is 0 Å². The molecule has 100 valence electrons. The van der Waals surface area contributed by atoms with Crippen molar-refractivity contribution >= 4 is 11.7 Å². The number of amides is 1. The summed E-state index contributed by atoms with van der Waals surface area (Å²) in [6.45, 7) is 10.2. The van der Waals surface area contributed by atoms with Crippen molar-refractivity contribution in [2.45, 2.75) is 52.5 Å². The Morgan fingerprint density at radius 1 is 1.44 bits per heavy atom. The van der Waals surface area contributed by atoms with Crippen molar-refractivity contribution in [1.82, 2.24) is 10.3 Å². The molecule has 0 aliphatic rings. The molecular weight excluding hydrogens is 226 g/mol. The second-order valence-corrected chi connectivity index (χ2v) is 5.70. The highest BCUT2D eigenvalue weighted by Crippen LogP contribution is 2.22. The second-order valence-electron chi connectivity index (χ2n) is 5.70. The standard InChI is InChI=1S/C14H23N3O/c1-6-9(2)16-13(18)10-7-11(14(3,4)5)17-12(15)8-10/h7-9H,6H2,1-5H3,(H2,15,17)(H,16,18). The highest BCUT2D eigenvalue weighted by atomic mass is 16.1. The van der Waals surface area contributed by atoms with E-state index in [4.69, 9.17) is 5.73 Å². The van der Waals surface area contributed by atoms with Gasteiger partial charge in [-0.15, -0.1) is 0 Å². The lowest BCUT2D eigenvalue weighted by Gasteiger charge is -2.19. The van der Waals surface area contributed by atoms with E-state index in [9.17, 15) is 4.79 Å². The maximum atomic E-state index is 12.1. The van der Waals surface area contributed by atoms with Gasteiger partial charge in [0.1, 0.15) is 5.82 Å². The van der Waals surface area contributed by atoms with Gasteiger partial charge in [0.2, 0.25) is 0 Å². The summed E-state index contributed by atoms with van der Waals surface area (Å²) in [4.78, 5) is 16.3. The summed E-state index contributed by atoms with van der Waals surface area (Å²) >= 11 is 0. The SMILES string of the molecule is CCC(C)NC(=O)c1cc(N)nc(C(C)(C)C)c1. The highest BCUT2D eigenvalue weighted by molar-refractivity contribution is 5.95. The fourth-order valence-corrected chi connectivity index (χ4v) is 1.48. The Morgan fingerprint density at radius 3 is 2.56 bits per heavy atom. The number of carbonyl (C=O) groups excluding carboxylic acids is 1. The van der Waals surface area contributed by atoms with E-state index >= 15 is 0 Å². The smallest absolute Gasteiger partial charge is 0.251 e.